The highest BCUT2D eigenvalue weighted by Gasteiger charge is 2.13. The quantitative estimate of drug-likeness (QED) is 0.295. The molecule has 1 atom stereocenters. The summed E-state index contributed by atoms with van der Waals surface area (Å²) in [6.07, 6.45) is 16.1. The molecule has 1 aliphatic heterocycles. The molecule has 1 rings (SSSR count). The number of hydrogen-bond donors (Lipinski definition) is 0. The van der Waals surface area contributed by atoms with E-state index in [-0.39, 0.29) is 6.29 Å². The molecular formula is C19H32O2. The summed E-state index contributed by atoms with van der Waals surface area (Å²) in [4.78, 5) is 0. The summed E-state index contributed by atoms with van der Waals surface area (Å²) < 4.78 is 11.3. The first-order valence-corrected chi connectivity index (χ1v) is 8.73. The van der Waals surface area contributed by atoms with E-state index in [1.54, 1.807) is 0 Å². The summed E-state index contributed by atoms with van der Waals surface area (Å²) >= 11 is 0. The van der Waals surface area contributed by atoms with Crippen LogP contribution in [-0.4, -0.2) is 19.5 Å². The lowest BCUT2D eigenvalue weighted by atomic mass is 10.1. The van der Waals surface area contributed by atoms with E-state index < -0.39 is 0 Å². The molecule has 21 heavy (non-hydrogen) atoms. The van der Waals surface area contributed by atoms with Gasteiger partial charge in [-0.2, -0.15) is 0 Å². The molecule has 0 aromatic heterocycles. The molecule has 0 amide bonds. The summed E-state index contributed by atoms with van der Waals surface area (Å²) in [5, 5.41) is 0. The third-order valence-corrected chi connectivity index (χ3v) is 3.72. The van der Waals surface area contributed by atoms with Gasteiger partial charge in [-0.3, -0.25) is 0 Å². The van der Waals surface area contributed by atoms with Crippen molar-refractivity contribution in [1.29, 1.82) is 0 Å². The van der Waals surface area contributed by atoms with Gasteiger partial charge in [0.25, 0.3) is 0 Å². The first kappa shape index (κ1) is 18.3. The molecule has 1 saturated heterocycles. The molecule has 0 spiro atoms. The molecule has 0 bridgehead atoms. The molecule has 0 aromatic carbocycles. The Balaban J connectivity index is 1.77. The summed E-state index contributed by atoms with van der Waals surface area (Å²) in [5.74, 6) is 6.50. The van der Waals surface area contributed by atoms with Gasteiger partial charge in [-0.05, 0) is 44.9 Å². The van der Waals surface area contributed by atoms with E-state index >= 15 is 0 Å². The minimum absolute atomic E-state index is 0.0788. The lowest BCUT2D eigenvalue weighted by Gasteiger charge is -2.22. The zero-order chi connectivity index (χ0) is 15.0. The predicted octanol–water partition coefficient (Wildman–Crippen LogP) is 5.23. The number of hydrogen-bond acceptors (Lipinski definition) is 2. The number of unbranched alkanes of at least 4 members (excludes halogenated alkanes) is 7. The minimum atomic E-state index is 0.0788. The Morgan fingerprint density at radius 2 is 1.76 bits per heavy atom. The molecule has 0 radical (unpaired) electrons. The fraction of sp³-hybridized carbons (Fsp3) is 0.789. The van der Waals surface area contributed by atoms with E-state index in [9.17, 15) is 0 Å². The van der Waals surface area contributed by atoms with Crippen LogP contribution in [0.2, 0.25) is 0 Å². The van der Waals surface area contributed by atoms with E-state index in [1.165, 1.54) is 38.5 Å². The lowest BCUT2D eigenvalue weighted by Crippen LogP contribution is -2.22. The van der Waals surface area contributed by atoms with Gasteiger partial charge < -0.3 is 9.47 Å². The van der Waals surface area contributed by atoms with Gasteiger partial charge in [0, 0.05) is 26.1 Å². The second-order valence-corrected chi connectivity index (χ2v) is 5.72. The Labute approximate surface area is 131 Å². The van der Waals surface area contributed by atoms with Crippen LogP contribution in [0.5, 0.6) is 0 Å². The Kier molecular flexibility index (Phi) is 12.3. The van der Waals surface area contributed by atoms with E-state index in [0.717, 1.165) is 51.7 Å². The van der Waals surface area contributed by atoms with Crippen LogP contribution in [0.4, 0.5) is 0 Å². The highest BCUT2D eigenvalue weighted by molar-refractivity contribution is 4.98. The van der Waals surface area contributed by atoms with Crippen molar-refractivity contribution in [2.24, 2.45) is 0 Å². The number of ether oxygens (including phenoxy) is 2. The van der Waals surface area contributed by atoms with Crippen molar-refractivity contribution in [1.82, 2.24) is 0 Å². The molecule has 1 aliphatic rings. The molecule has 2 heteroatoms. The third-order valence-electron chi connectivity index (χ3n) is 3.72. The molecular weight excluding hydrogens is 260 g/mol. The number of allylic oxidation sites excluding steroid dienone is 1. The van der Waals surface area contributed by atoms with Gasteiger partial charge in [0.05, 0.1) is 0 Å². The zero-order valence-corrected chi connectivity index (χ0v) is 13.6. The predicted molar refractivity (Wildman–Crippen MR) is 89.1 cm³/mol. The third kappa shape index (κ3) is 11.5. The summed E-state index contributed by atoms with van der Waals surface area (Å²) in [6, 6.07) is 0. The van der Waals surface area contributed by atoms with Crippen molar-refractivity contribution in [2.45, 2.75) is 83.3 Å². The summed E-state index contributed by atoms with van der Waals surface area (Å²) in [5.41, 5.74) is 0. The minimum Gasteiger partial charge on any atom is -0.353 e. The van der Waals surface area contributed by atoms with Crippen LogP contribution in [0.15, 0.2) is 12.7 Å². The monoisotopic (exact) mass is 292 g/mol. The summed E-state index contributed by atoms with van der Waals surface area (Å²) in [7, 11) is 0. The Morgan fingerprint density at radius 1 is 1.00 bits per heavy atom. The second-order valence-electron chi connectivity index (χ2n) is 5.72. The first-order chi connectivity index (χ1) is 10.4. The Morgan fingerprint density at radius 3 is 2.52 bits per heavy atom. The Bertz CT molecular complexity index is 294. The van der Waals surface area contributed by atoms with Crippen molar-refractivity contribution >= 4 is 0 Å². The molecule has 0 N–H and O–H groups in total. The van der Waals surface area contributed by atoms with Gasteiger partial charge in [-0.1, -0.05) is 25.3 Å². The zero-order valence-electron chi connectivity index (χ0n) is 13.6. The molecule has 1 fully saturated rings. The van der Waals surface area contributed by atoms with Gasteiger partial charge in [0.15, 0.2) is 6.29 Å². The highest BCUT2D eigenvalue weighted by Crippen LogP contribution is 2.14. The molecule has 1 unspecified atom stereocenters. The van der Waals surface area contributed by atoms with Gasteiger partial charge in [0.1, 0.15) is 0 Å². The fourth-order valence-corrected chi connectivity index (χ4v) is 2.41. The van der Waals surface area contributed by atoms with Crippen LogP contribution >= 0.6 is 0 Å². The van der Waals surface area contributed by atoms with Gasteiger partial charge >= 0.3 is 0 Å². The van der Waals surface area contributed by atoms with Crippen LogP contribution in [-0.2, 0) is 9.47 Å². The molecule has 0 saturated carbocycles. The van der Waals surface area contributed by atoms with Crippen molar-refractivity contribution in [2.75, 3.05) is 13.2 Å². The van der Waals surface area contributed by atoms with Crippen molar-refractivity contribution in [3.63, 3.8) is 0 Å². The van der Waals surface area contributed by atoms with E-state index in [4.69, 9.17) is 9.47 Å². The Hall–Kier alpha value is -0.780. The van der Waals surface area contributed by atoms with Gasteiger partial charge in [-0.25, -0.2) is 0 Å². The lowest BCUT2D eigenvalue weighted by molar-refractivity contribution is -0.162. The van der Waals surface area contributed by atoms with Crippen LogP contribution < -0.4 is 0 Å². The van der Waals surface area contributed by atoms with Gasteiger partial charge in [0.2, 0.25) is 0 Å². The fourth-order valence-electron chi connectivity index (χ4n) is 2.41. The topological polar surface area (TPSA) is 18.5 Å². The summed E-state index contributed by atoms with van der Waals surface area (Å²) in [6.45, 7) is 5.44. The average molecular weight is 292 g/mol. The second kappa shape index (κ2) is 14.2. The highest BCUT2D eigenvalue weighted by atomic mass is 16.7. The van der Waals surface area contributed by atoms with Crippen molar-refractivity contribution < 1.29 is 9.47 Å². The largest absolute Gasteiger partial charge is 0.353 e. The van der Waals surface area contributed by atoms with E-state index in [2.05, 4.69) is 18.4 Å². The van der Waals surface area contributed by atoms with Crippen LogP contribution in [0.3, 0.4) is 0 Å². The van der Waals surface area contributed by atoms with E-state index in [0.29, 0.717) is 0 Å². The molecule has 0 aromatic rings. The molecule has 120 valence electrons. The molecule has 2 nitrogen and oxygen atoms in total. The van der Waals surface area contributed by atoms with E-state index in [1.807, 2.05) is 6.08 Å². The maximum Gasteiger partial charge on any atom is 0.157 e. The maximum atomic E-state index is 5.72. The SMILES string of the molecule is C=CCCCC#CCCCCCCCOC1CCCCO1. The van der Waals surface area contributed by atoms with Crippen LogP contribution in [0.25, 0.3) is 0 Å². The first-order valence-electron chi connectivity index (χ1n) is 8.73. The van der Waals surface area contributed by atoms with Crippen LogP contribution in [0.1, 0.15) is 77.0 Å². The van der Waals surface area contributed by atoms with Gasteiger partial charge in [-0.15, -0.1) is 18.4 Å². The standard InChI is InChI=1S/C19H32O2/c1-2-3-4-5-6-7-8-9-10-11-12-14-17-20-19-16-13-15-18-21-19/h2,19H,1,3-5,8-18H2. The van der Waals surface area contributed by atoms with Crippen molar-refractivity contribution in [3.8, 4) is 11.8 Å². The van der Waals surface area contributed by atoms with Crippen LogP contribution in [0, 0.1) is 11.8 Å². The average Bonchev–Trinajstić information content (AvgIpc) is 2.53. The number of rotatable bonds is 11. The smallest absolute Gasteiger partial charge is 0.157 e. The maximum absolute atomic E-state index is 5.72. The molecule has 1 heterocycles. The normalized spacial score (nSPS) is 18.0. The molecule has 0 aliphatic carbocycles. The van der Waals surface area contributed by atoms with Crippen molar-refractivity contribution in [3.05, 3.63) is 12.7 Å².